The molecule has 0 aliphatic carbocycles. The van der Waals surface area contributed by atoms with E-state index in [4.69, 9.17) is 9.47 Å². The van der Waals surface area contributed by atoms with Gasteiger partial charge in [-0.2, -0.15) is 0 Å². The first-order valence-corrected chi connectivity index (χ1v) is 8.59. The summed E-state index contributed by atoms with van der Waals surface area (Å²) >= 11 is 0. The standard InChI is InChI=1S/C18H25NO3.ClH/c20-16(8-11-19-9-2-1-3-10-19)15-6-7-17-18(14-15)22-13-5-4-12-21-17;/h6-7,14H,1-5,8-13H2;1H. The number of hydrogen-bond acceptors (Lipinski definition) is 3. The van der Waals surface area contributed by atoms with Gasteiger partial charge in [-0.25, -0.2) is 0 Å². The van der Waals surface area contributed by atoms with Crippen LogP contribution in [0.5, 0.6) is 11.5 Å². The van der Waals surface area contributed by atoms with Crippen molar-refractivity contribution in [2.45, 2.75) is 38.5 Å². The molecule has 1 saturated heterocycles. The molecule has 2 aliphatic heterocycles. The van der Waals surface area contributed by atoms with E-state index in [1.807, 2.05) is 18.2 Å². The number of rotatable bonds is 4. The van der Waals surface area contributed by atoms with Gasteiger partial charge in [-0.15, -0.1) is 0 Å². The Bertz CT molecular complexity index is 515. The molecule has 1 N–H and O–H groups in total. The van der Waals surface area contributed by atoms with Gasteiger partial charge in [0.1, 0.15) is 0 Å². The van der Waals surface area contributed by atoms with Crippen molar-refractivity contribution in [1.29, 1.82) is 0 Å². The number of likely N-dealkylation sites (tertiary alicyclic amines) is 1. The lowest BCUT2D eigenvalue weighted by Gasteiger charge is -2.23. The van der Waals surface area contributed by atoms with Crippen LogP contribution in [0.3, 0.4) is 0 Å². The predicted molar refractivity (Wildman–Crippen MR) is 85.0 cm³/mol. The van der Waals surface area contributed by atoms with E-state index in [-0.39, 0.29) is 18.2 Å². The van der Waals surface area contributed by atoms with Crippen LogP contribution >= 0.6 is 0 Å². The van der Waals surface area contributed by atoms with E-state index in [1.165, 1.54) is 32.4 Å². The van der Waals surface area contributed by atoms with Crippen molar-refractivity contribution in [3.05, 3.63) is 23.8 Å². The lowest BCUT2D eigenvalue weighted by molar-refractivity contribution is -0.904. The van der Waals surface area contributed by atoms with Gasteiger partial charge in [0.05, 0.1) is 39.3 Å². The quantitative estimate of drug-likeness (QED) is 0.707. The molecule has 23 heavy (non-hydrogen) atoms. The molecule has 1 aromatic rings. The van der Waals surface area contributed by atoms with Gasteiger partial charge >= 0.3 is 0 Å². The molecule has 1 aromatic carbocycles. The third-order valence-electron chi connectivity index (χ3n) is 4.59. The number of hydrogen-bond donors (Lipinski definition) is 1. The first-order valence-electron chi connectivity index (χ1n) is 8.59. The Morgan fingerprint density at radius 3 is 2.39 bits per heavy atom. The number of benzene rings is 1. The summed E-state index contributed by atoms with van der Waals surface area (Å²) < 4.78 is 11.4. The molecule has 0 radical (unpaired) electrons. The molecule has 0 unspecified atom stereocenters. The third kappa shape index (κ3) is 5.11. The lowest BCUT2D eigenvalue weighted by atomic mass is 10.1. The molecule has 2 heterocycles. The first-order chi connectivity index (χ1) is 10.8. The van der Waals surface area contributed by atoms with Crippen LogP contribution in [0.15, 0.2) is 18.2 Å². The number of halogens is 1. The third-order valence-corrected chi connectivity index (χ3v) is 4.59. The summed E-state index contributed by atoms with van der Waals surface area (Å²) in [5.74, 6) is 1.69. The Kier molecular flexibility index (Phi) is 7.18. The summed E-state index contributed by atoms with van der Waals surface area (Å²) in [4.78, 5) is 14.0. The summed E-state index contributed by atoms with van der Waals surface area (Å²) in [6.07, 6.45) is 6.57. The monoisotopic (exact) mass is 339 g/mol. The Labute approximate surface area is 144 Å². The van der Waals surface area contributed by atoms with Gasteiger partial charge in [0, 0.05) is 5.56 Å². The SMILES string of the molecule is O=C(CC[NH+]1CCCCC1)c1ccc2c(c1)OCCCCO2.[Cl-]. The minimum Gasteiger partial charge on any atom is -1.00 e. The molecule has 1 fully saturated rings. The van der Waals surface area contributed by atoms with E-state index < -0.39 is 0 Å². The molecule has 3 rings (SSSR count). The van der Waals surface area contributed by atoms with Crippen molar-refractivity contribution in [1.82, 2.24) is 0 Å². The fourth-order valence-corrected chi connectivity index (χ4v) is 3.22. The second-order valence-corrected chi connectivity index (χ2v) is 6.30. The van der Waals surface area contributed by atoms with Crippen LogP contribution in [-0.4, -0.2) is 38.6 Å². The second kappa shape index (κ2) is 9.14. The minimum absolute atomic E-state index is 0. The van der Waals surface area contributed by atoms with Crippen molar-refractivity contribution in [3.63, 3.8) is 0 Å². The number of nitrogens with one attached hydrogen (secondary N) is 1. The van der Waals surface area contributed by atoms with E-state index in [9.17, 15) is 4.79 Å². The maximum absolute atomic E-state index is 12.4. The highest BCUT2D eigenvalue weighted by Crippen LogP contribution is 2.30. The van der Waals surface area contributed by atoms with Crippen LogP contribution in [0.4, 0.5) is 0 Å². The van der Waals surface area contributed by atoms with Crippen LogP contribution in [0, 0.1) is 0 Å². The predicted octanol–water partition coefficient (Wildman–Crippen LogP) is -1.12. The van der Waals surface area contributed by atoms with Gasteiger partial charge in [-0.05, 0) is 50.3 Å². The van der Waals surface area contributed by atoms with Gasteiger partial charge in [0.25, 0.3) is 0 Å². The maximum Gasteiger partial charge on any atom is 0.168 e. The molecule has 0 aromatic heterocycles. The zero-order valence-corrected chi connectivity index (χ0v) is 14.4. The normalized spacial score (nSPS) is 18.4. The highest BCUT2D eigenvalue weighted by Gasteiger charge is 2.17. The molecule has 0 bridgehead atoms. The highest BCUT2D eigenvalue weighted by atomic mass is 35.5. The van der Waals surface area contributed by atoms with Crippen LogP contribution in [-0.2, 0) is 0 Å². The van der Waals surface area contributed by atoms with Crippen LogP contribution in [0.25, 0.3) is 0 Å². The van der Waals surface area contributed by atoms with Crippen molar-refractivity contribution >= 4 is 5.78 Å². The summed E-state index contributed by atoms with van der Waals surface area (Å²) in [5.41, 5.74) is 0.749. The minimum atomic E-state index is 0. The van der Waals surface area contributed by atoms with Gasteiger partial charge in [-0.3, -0.25) is 4.79 Å². The zero-order chi connectivity index (χ0) is 15.2. The van der Waals surface area contributed by atoms with Crippen LogP contribution in [0.2, 0.25) is 0 Å². The Hall–Kier alpha value is -1.26. The molecule has 0 saturated carbocycles. The van der Waals surface area contributed by atoms with E-state index in [2.05, 4.69) is 0 Å². The summed E-state index contributed by atoms with van der Waals surface area (Å²) in [6.45, 7) is 4.81. The number of carbonyl (C=O) groups is 1. The van der Waals surface area contributed by atoms with Crippen molar-refractivity contribution in [2.75, 3.05) is 32.8 Å². The molecule has 2 aliphatic rings. The first kappa shape index (κ1) is 18.1. The fraction of sp³-hybridized carbons (Fsp3) is 0.611. The summed E-state index contributed by atoms with van der Waals surface area (Å²) in [5, 5.41) is 0. The number of ether oxygens (including phenoxy) is 2. The van der Waals surface area contributed by atoms with E-state index in [0.29, 0.717) is 13.0 Å². The van der Waals surface area contributed by atoms with Gasteiger partial charge < -0.3 is 26.8 Å². The molecular formula is C18H26ClNO3. The Morgan fingerprint density at radius 2 is 1.65 bits per heavy atom. The number of ketones is 1. The highest BCUT2D eigenvalue weighted by molar-refractivity contribution is 5.96. The molecular weight excluding hydrogens is 314 g/mol. The number of quaternary nitrogens is 1. The maximum atomic E-state index is 12.4. The Balaban J connectivity index is 0.00000192. The van der Waals surface area contributed by atoms with E-state index in [0.717, 1.165) is 43.1 Å². The van der Waals surface area contributed by atoms with Gasteiger partial charge in [0.15, 0.2) is 17.3 Å². The Morgan fingerprint density at radius 1 is 0.957 bits per heavy atom. The number of piperidine rings is 1. The number of Topliss-reactive ketones (excluding diaryl/α,β-unsaturated/α-hetero) is 1. The van der Waals surface area contributed by atoms with Crippen molar-refractivity contribution in [3.8, 4) is 11.5 Å². The molecule has 0 amide bonds. The van der Waals surface area contributed by atoms with E-state index >= 15 is 0 Å². The van der Waals surface area contributed by atoms with Crippen LogP contribution < -0.4 is 26.8 Å². The fourth-order valence-electron chi connectivity index (χ4n) is 3.22. The van der Waals surface area contributed by atoms with Gasteiger partial charge in [0.2, 0.25) is 0 Å². The molecule has 0 spiro atoms. The summed E-state index contributed by atoms with van der Waals surface area (Å²) in [6, 6.07) is 5.60. The average Bonchev–Trinajstić information content (AvgIpc) is 2.54. The number of fused-ring (bicyclic) bond motifs is 1. The summed E-state index contributed by atoms with van der Waals surface area (Å²) in [7, 11) is 0. The second-order valence-electron chi connectivity index (χ2n) is 6.30. The lowest BCUT2D eigenvalue weighted by Crippen LogP contribution is -3.12. The largest absolute Gasteiger partial charge is 1.00 e. The molecule has 0 atom stereocenters. The van der Waals surface area contributed by atoms with E-state index in [1.54, 1.807) is 4.90 Å². The smallest absolute Gasteiger partial charge is 0.168 e. The average molecular weight is 340 g/mol. The van der Waals surface area contributed by atoms with Gasteiger partial charge in [-0.1, -0.05) is 0 Å². The molecule has 128 valence electrons. The van der Waals surface area contributed by atoms with Crippen molar-refractivity contribution in [2.24, 2.45) is 0 Å². The molecule has 4 nitrogen and oxygen atoms in total. The zero-order valence-electron chi connectivity index (χ0n) is 13.6. The molecule has 5 heteroatoms. The van der Waals surface area contributed by atoms with Crippen molar-refractivity contribution < 1.29 is 31.6 Å². The number of carbonyl (C=O) groups excluding carboxylic acids is 1. The topological polar surface area (TPSA) is 40.0 Å². The van der Waals surface area contributed by atoms with Crippen LogP contribution in [0.1, 0.15) is 48.9 Å².